The first-order valence-corrected chi connectivity index (χ1v) is 5.75. The van der Waals surface area contributed by atoms with Crippen LogP contribution in [-0.2, 0) is 13.8 Å². The van der Waals surface area contributed by atoms with Gasteiger partial charge in [-0.25, -0.2) is 5.26 Å². The Labute approximate surface area is 119 Å². The summed E-state index contributed by atoms with van der Waals surface area (Å²) in [5.41, 5.74) is 0. The molecule has 0 radical (unpaired) electrons. The van der Waals surface area contributed by atoms with Gasteiger partial charge in [-0.05, 0) is 6.92 Å². The van der Waals surface area contributed by atoms with E-state index in [1.807, 2.05) is 0 Å². The molecule has 72 valence electrons. The molecule has 0 fully saturated rings. The Morgan fingerprint density at radius 3 is 1.54 bits per heavy atom. The molecule has 0 bridgehead atoms. The van der Waals surface area contributed by atoms with E-state index in [1.54, 1.807) is 0 Å². The van der Waals surface area contributed by atoms with E-state index in [2.05, 4.69) is 4.67 Å². The summed E-state index contributed by atoms with van der Waals surface area (Å²) in [7, 11) is -9.29. The third-order valence-corrected chi connectivity index (χ3v) is 5.01. The van der Waals surface area contributed by atoms with Crippen LogP contribution >= 0.6 is 15.2 Å². The second-order valence-electron chi connectivity index (χ2n) is 1.87. The summed E-state index contributed by atoms with van der Waals surface area (Å²) in [5, 5.41) is 5.85. The monoisotopic (exact) mass is 254 g/mol. The van der Waals surface area contributed by atoms with Gasteiger partial charge < -0.3 is 14.7 Å². The van der Waals surface area contributed by atoms with Gasteiger partial charge >= 0.3 is 74.3 Å². The van der Waals surface area contributed by atoms with E-state index in [0.717, 1.165) is 6.92 Å². The molecule has 4 N–H and O–H groups in total. The molecule has 0 aromatic carbocycles. The Morgan fingerprint density at radius 1 is 1.15 bits per heavy atom. The van der Waals surface area contributed by atoms with E-state index in [4.69, 9.17) is 19.9 Å². The van der Waals surface area contributed by atoms with Crippen LogP contribution in [0.2, 0.25) is 0 Å². The molecule has 13 heavy (non-hydrogen) atoms. The molecular formula is C2H10Na2O7P2. The van der Waals surface area contributed by atoms with Crippen LogP contribution < -0.4 is 0 Å². The zero-order valence-corrected chi connectivity index (χ0v) is 7.27. The van der Waals surface area contributed by atoms with Crippen molar-refractivity contribution in [2.45, 2.75) is 12.3 Å². The first-order valence-electron chi connectivity index (χ1n) is 2.42. The van der Waals surface area contributed by atoms with Gasteiger partial charge in [0, 0.05) is 0 Å². The maximum absolute atomic E-state index is 10.5. The molecule has 0 heterocycles. The van der Waals surface area contributed by atoms with Crippen LogP contribution in [0.25, 0.3) is 0 Å². The van der Waals surface area contributed by atoms with Gasteiger partial charge in [0.2, 0.25) is 0 Å². The Morgan fingerprint density at radius 2 is 1.46 bits per heavy atom. The predicted molar refractivity (Wildman–Crippen MR) is 49.3 cm³/mol. The molecule has 0 aliphatic rings. The normalized spacial score (nSPS) is 17.6. The fraction of sp³-hybridized carbons (Fsp3) is 1.00. The Balaban J connectivity index is -0.000000500. The zero-order valence-electron chi connectivity index (χ0n) is 5.49. The molecule has 0 saturated heterocycles. The fourth-order valence-corrected chi connectivity index (χ4v) is 2.04. The Hall–Kier alpha value is 2.26. The summed E-state index contributed by atoms with van der Waals surface area (Å²) >= 11 is 0. The van der Waals surface area contributed by atoms with Crippen LogP contribution in [0.1, 0.15) is 6.92 Å². The molecule has 0 amide bonds. The van der Waals surface area contributed by atoms with Gasteiger partial charge in [-0.3, -0.25) is 9.13 Å². The van der Waals surface area contributed by atoms with Crippen molar-refractivity contribution >= 4 is 74.3 Å². The standard InChI is InChI=1S/C2H8O7P2.2Na.2H/c1-2(10(4,5)6)11(7,8)9-3;;;;/h2-3H,1H3,(H,7,8)(H2,4,5,6);;;;. The van der Waals surface area contributed by atoms with Gasteiger partial charge in [-0.15, -0.1) is 0 Å². The number of hydrogen-bond donors (Lipinski definition) is 4. The molecular weight excluding hydrogens is 244 g/mol. The molecule has 2 atom stereocenters. The molecule has 0 aliphatic carbocycles. The van der Waals surface area contributed by atoms with E-state index < -0.39 is 20.6 Å². The van der Waals surface area contributed by atoms with Crippen LogP contribution in [0.15, 0.2) is 0 Å². The Kier molecular flexibility index (Phi) is 11.9. The van der Waals surface area contributed by atoms with Crippen molar-refractivity contribution in [1.82, 2.24) is 0 Å². The van der Waals surface area contributed by atoms with E-state index in [9.17, 15) is 9.13 Å². The topological polar surface area (TPSA) is 124 Å². The Bertz CT molecular complexity index is 225. The molecule has 0 spiro atoms. The second-order valence-corrected chi connectivity index (χ2v) is 6.29. The maximum atomic E-state index is 10.5. The fourth-order valence-electron chi connectivity index (χ4n) is 0.258. The number of rotatable bonds is 3. The van der Waals surface area contributed by atoms with Crippen LogP contribution in [0.4, 0.5) is 0 Å². The quantitative estimate of drug-likeness (QED) is 0.218. The van der Waals surface area contributed by atoms with Crippen molar-refractivity contribution in [2.75, 3.05) is 0 Å². The molecule has 0 saturated carbocycles. The van der Waals surface area contributed by atoms with Crippen molar-refractivity contribution in [3.05, 3.63) is 0 Å². The minimum absolute atomic E-state index is 0. The molecule has 0 aromatic rings. The van der Waals surface area contributed by atoms with Crippen LogP contribution in [-0.4, -0.2) is 84.5 Å². The van der Waals surface area contributed by atoms with E-state index >= 15 is 0 Å². The van der Waals surface area contributed by atoms with Gasteiger partial charge in [0.1, 0.15) is 0 Å². The second kappa shape index (κ2) is 7.52. The third-order valence-electron chi connectivity index (χ3n) is 1.08. The van der Waals surface area contributed by atoms with Gasteiger partial charge in [-0.2, -0.15) is 4.67 Å². The van der Waals surface area contributed by atoms with Gasteiger partial charge in [-0.1, -0.05) is 0 Å². The van der Waals surface area contributed by atoms with Crippen molar-refractivity contribution in [1.29, 1.82) is 0 Å². The molecule has 0 rings (SSSR count). The summed E-state index contributed by atoms with van der Waals surface area (Å²) < 4.78 is 23.9. The summed E-state index contributed by atoms with van der Waals surface area (Å²) in [6.45, 7) is 0.803. The van der Waals surface area contributed by atoms with Crippen LogP contribution in [0.5, 0.6) is 0 Å². The minimum atomic E-state index is -4.69. The van der Waals surface area contributed by atoms with Crippen LogP contribution in [0, 0.1) is 0 Å². The summed E-state index contributed by atoms with van der Waals surface area (Å²) in [5.74, 6) is 0. The van der Waals surface area contributed by atoms with E-state index in [0.29, 0.717) is 0 Å². The predicted octanol–water partition coefficient (Wildman–Crippen LogP) is -1.11. The van der Waals surface area contributed by atoms with Crippen molar-refractivity contribution < 1.29 is 33.7 Å². The van der Waals surface area contributed by atoms with Gasteiger partial charge in [0.05, 0.1) is 0 Å². The first kappa shape index (κ1) is 20.6. The average molecular weight is 254 g/mol. The molecule has 0 aromatic heterocycles. The number of hydrogen-bond acceptors (Lipinski definition) is 4. The van der Waals surface area contributed by atoms with Crippen molar-refractivity contribution in [3.63, 3.8) is 0 Å². The van der Waals surface area contributed by atoms with Crippen molar-refractivity contribution in [2.24, 2.45) is 0 Å². The third kappa shape index (κ3) is 7.19. The summed E-state index contributed by atoms with van der Waals surface area (Å²) in [6.07, 6.45) is 0. The molecule has 11 heteroatoms. The van der Waals surface area contributed by atoms with Crippen molar-refractivity contribution in [3.8, 4) is 0 Å². The van der Waals surface area contributed by atoms with Crippen LogP contribution in [0.3, 0.4) is 0 Å². The summed E-state index contributed by atoms with van der Waals surface area (Å²) in [4.78, 5) is 25.2. The zero-order chi connectivity index (χ0) is 9.28. The summed E-state index contributed by atoms with van der Waals surface area (Å²) in [6, 6.07) is 0. The van der Waals surface area contributed by atoms with Gasteiger partial charge in [0.25, 0.3) is 0 Å². The SMILES string of the molecule is CC(P(=O)(O)O)P(=O)(O)OO.[NaH].[NaH]. The molecule has 0 aliphatic heterocycles. The molecule has 2 unspecified atom stereocenters. The molecule has 7 nitrogen and oxygen atoms in total. The van der Waals surface area contributed by atoms with E-state index in [-0.39, 0.29) is 59.1 Å². The first-order chi connectivity index (χ1) is 4.72. The average Bonchev–Trinajstić information content (AvgIpc) is 1.84. The van der Waals surface area contributed by atoms with E-state index in [1.165, 1.54) is 0 Å². The van der Waals surface area contributed by atoms with Gasteiger partial charge in [0.15, 0.2) is 5.40 Å².